The minimum atomic E-state index is -0.369. The fourth-order valence-electron chi connectivity index (χ4n) is 3.76. The summed E-state index contributed by atoms with van der Waals surface area (Å²) < 4.78 is 13.4. The van der Waals surface area contributed by atoms with Gasteiger partial charge < -0.3 is 14.8 Å². The zero-order chi connectivity index (χ0) is 27.4. The van der Waals surface area contributed by atoms with E-state index in [0.717, 1.165) is 12.8 Å². The molecule has 1 aromatic carbocycles. The van der Waals surface area contributed by atoms with Gasteiger partial charge in [-0.3, -0.25) is 19.2 Å². The molecule has 0 spiro atoms. The van der Waals surface area contributed by atoms with Crippen LogP contribution in [0, 0.1) is 5.92 Å². The highest BCUT2D eigenvalue weighted by atomic mass is 16.5. The number of aromatic nitrogens is 6. The van der Waals surface area contributed by atoms with Crippen LogP contribution in [0.2, 0.25) is 0 Å². The highest BCUT2D eigenvalue weighted by molar-refractivity contribution is 6.04. The van der Waals surface area contributed by atoms with Crippen LogP contribution in [-0.4, -0.2) is 54.2 Å². The summed E-state index contributed by atoms with van der Waals surface area (Å²) in [7, 11) is 1.77. The van der Waals surface area contributed by atoms with Gasteiger partial charge in [-0.1, -0.05) is 0 Å². The zero-order valence-corrected chi connectivity index (χ0v) is 21.8. The Balaban J connectivity index is 1.36. The number of carbonyl (C=O) groups is 2. The average Bonchev–Trinajstić information content (AvgIpc) is 3.66. The number of anilines is 2. The van der Waals surface area contributed by atoms with Crippen LogP contribution >= 0.6 is 0 Å². The molecule has 1 saturated carbocycles. The summed E-state index contributed by atoms with van der Waals surface area (Å²) in [6.07, 6.45) is 9.68. The van der Waals surface area contributed by atoms with Gasteiger partial charge in [0.05, 0.1) is 18.5 Å². The molecule has 5 rings (SSSR count). The summed E-state index contributed by atoms with van der Waals surface area (Å²) in [5, 5.41) is 6.94. The molecule has 1 fully saturated rings. The quantitative estimate of drug-likeness (QED) is 0.325. The normalized spacial score (nSPS) is 12.7. The Morgan fingerprint density at radius 1 is 1.08 bits per heavy atom. The average molecular weight is 529 g/mol. The SMILES string of the molecule is CC(C)Oc1cc(Oc2cnc(N(CC3CC3)C(=O)c3ncccn3)cn2)cc(C(=O)Nc2ccn(C)n2)c1. The van der Waals surface area contributed by atoms with Gasteiger partial charge in [0, 0.05) is 49.9 Å². The smallest absolute Gasteiger partial charge is 0.297 e. The second-order valence-electron chi connectivity index (χ2n) is 9.43. The van der Waals surface area contributed by atoms with Crippen molar-refractivity contribution in [1.29, 1.82) is 0 Å². The van der Waals surface area contributed by atoms with E-state index in [0.29, 0.717) is 41.2 Å². The van der Waals surface area contributed by atoms with Crippen molar-refractivity contribution >= 4 is 23.5 Å². The number of rotatable bonds is 10. The highest BCUT2D eigenvalue weighted by Gasteiger charge is 2.30. The number of hydrogen-bond donors (Lipinski definition) is 1. The molecule has 0 atom stereocenters. The minimum Gasteiger partial charge on any atom is -0.491 e. The first kappa shape index (κ1) is 25.8. The van der Waals surface area contributed by atoms with Crippen molar-refractivity contribution in [3.8, 4) is 17.4 Å². The molecule has 4 aromatic rings. The van der Waals surface area contributed by atoms with Gasteiger partial charge in [-0.2, -0.15) is 5.10 Å². The fraction of sp³-hybridized carbons (Fsp3) is 0.296. The Kier molecular flexibility index (Phi) is 7.43. The lowest BCUT2D eigenvalue weighted by molar-refractivity contribution is 0.0973. The van der Waals surface area contributed by atoms with Gasteiger partial charge in [0.25, 0.3) is 11.8 Å². The van der Waals surface area contributed by atoms with Crippen molar-refractivity contribution < 1.29 is 19.1 Å². The van der Waals surface area contributed by atoms with E-state index in [1.54, 1.807) is 53.2 Å². The molecular weight excluding hydrogens is 500 g/mol. The van der Waals surface area contributed by atoms with Crippen LogP contribution < -0.4 is 19.7 Å². The number of benzene rings is 1. The van der Waals surface area contributed by atoms with Crippen molar-refractivity contribution in [1.82, 2.24) is 29.7 Å². The second kappa shape index (κ2) is 11.3. The Morgan fingerprint density at radius 2 is 1.85 bits per heavy atom. The number of carbonyl (C=O) groups excluding carboxylic acids is 2. The Morgan fingerprint density at radius 3 is 2.49 bits per heavy atom. The predicted octanol–water partition coefficient (Wildman–Crippen LogP) is 3.89. The number of hydrogen-bond acceptors (Lipinski definition) is 9. The van der Waals surface area contributed by atoms with E-state index in [1.807, 2.05) is 13.8 Å². The summed E-state index contributed by atoms with van der Waals surface area (Å²) in [5.41, 5.74) is 0.322. The molecule has 1 aliphatic rings. The summed E-state index contributed by atoms with van der Waals surface area (Å²) in [5.74, 6) is 1.58. The first-order valence-corrected chi connectivity index (χ1v) is 12.6. The first-order chi connectivity index (χ1) is 18.8. The van der Waals surface area contributed by atoms with E-state index in [1.165, 1.54) is 24.8 Å². The fourth-order valence-corrected chi connectivity index (χ4v) is 3.76. The summed E-state index contributed by atoms with van der Waals surface area (Å²) in [6.45, 7) is 4.29. The van der Waals surface area contributed by atoms with E-state index in [2.05, 4.69) is 30.4 Å². The van der Waals surface area contributed by atoms with E-state index in [9.17, 15) is 9.59 Å². The third-order valence-electron chi connectivity index (χ3n) is 5.72. The third kappa shape index (κ3) is 6.72. The molecule has 2 amide bonds. The van der Waals surface area contributed by atoms with Gasteiger partial charge in [0.15, 0.2) is 11.6 Å². The van der Waals surface area contributed by atoms with Crippen LogP contribution in [-0.2, 0) is 7.05 Å². The molecule has 12 heteroatoms. The first-order valence-electron chi connectivity index (χ1n) is 12.6. The standard InChI is InChI=1S/C27H28N8O4/c1-17(2)38-20-11-19(26(36)32-22-7-10-34(3)33-22)12-21(13-20)39-24-15-30-23(14-31-24)35(16-18-5-6-18)27(37)25-28-8-4-9-29-25/h4,7-15,17-18H,5-6,16H2,1-3H3,(H,32,33,36). The van der Waals surface area contributed by atoms with Crippen LogP contribution in [0.4, 0.5) is 11.6 Å². The molecule has 0 unspecified atom stereocenters. The summed E-state index contributed by atoms with van der Waals surface area (Å²) in [4.78, 5) is 44.5. The lowest BCUT2D eigenvalue weighted by Crippen LogP contribution is -2.34. The zero-order valence-electron chi connectivity index (χ0n) is 21.8. The molecule has 1 aliphatic carbocycles. The van der Waals surface area contributed by atoms with Crippen molar-refractivity contribution in [3.63, 3.8) is 0 Å². The molecule has 0 bridgehead atoms. The monoisotopic (exact) mass is 528 g/mol. The van der Waals surface area contributed by atoms with Crippen LogP contribution in [0.15, 0.2) is 61.3 Å². The predicted molar refractivity (Wildman–Crippen MR) is 142 cm³/mol. The molecule has 3 heterocycles. The largest absolute Gasteiger partial charge is 0.491 e. The molecule has 200 valence electrons. The van der Waals surface area contributed by atoms with Crippen LogP contribution in [0.1, 0.15) is 47.7 Å². The summed E-state index contributed by atoms with van der Waals surface area (Å²) in [6, 6.07) is 8.23. The Hall–Kier alpha value is -4.87. The molecule has 39 heavy (non-hydrogen) atoms. The van der Waals surface area contributed by atoms with Crippen molar-refractivity contribution in [2.45, 2.75) is 32.8 Å². The maximum absolute atomic E-state index is 13.1. The number of aryl methyl sites for hydroxylation is 1. The van der Waals surface area contributed by atoms with Gasteiger partial charge in [-0.15, -0.1) is 0 Å². The van der Waals surface area contributed by atoms with Crippen LogP contribution in [0.5, 0.6) is 17.4 Å². The molecule has 0 saturated heterocycles. The minimum absolute atomic E-state index is 0.0961. The number of nitrogens with one attached hydrogen (secondary N) is 1. The second-order valence-corrected chi connectivity index (χ2v) is 9.43. The van der Waals surface area contributed by atoms with Crippen molar-refractivity contribution in [2.24, 2.45) is 13.0 Å². The maximum Gasteiger partial charge on any atom is 0.297 e. The molecule has 12 nitrogen and oxygen atoms in total. The highest BCUT2D eigenvalue weighted by Crippen LogP contribution is 2.32. The van der Waals surface area contributed by atoms with Gasteiger partial charge >= 0.3 is 0 Å². The van der Waals surface area contributed by atoms with Gasteiger partial charge in [0.1, 0.15) is 11.5 Å². The topological polar surface area (TPSA) is 137 Å². The lowest BCUT2D eigenvalue weighted by atomic mass is 10.2. The summed E-state index contributed by atoms with van der Waals surface area (Å²) >= 11 is 0. The number of amides is 2. The Labute approximate surface area is 225 Å². The van der Waals surface area contributed by atoms with Crippen molar-refractivity contribution in [2.75, 3.05) is 16.8 Å². The molecule has 1 N–H and O–H groups in total. The van der Waals surface area contributed by atoms with Gasteiger partial charge in [0.2, 0.25) is 11.7 Å². The van der Waals surface area contributed by atoms with E-state index in [-0.39, 0.29) is 29.6 Å². The Bertz CT molecular complexity index is 1450. The number of nitrogens with zero attached hydrogens (tertiary/aromatic N) is 7. The number of ether oxygens (including phenoxy) is 2. The molecule has 0 radical (unpaired) electrons. The van der Waals surface area contributed by atoms with Gasteiger partial charge in [-0.05, 0) is 50.8 Å². The van der Waals surface area contributed by atoms with Gasteiger partial charge in [-0.25, -0.2) is 19.9 Å². The molecular formula is C27H28N8O4. The van der Waals surface area contributed by atoms with Crippen molar-refractivity contribution in [3.05, 3.63) is 72.7 Å². The molecule has 0 aliphatic heterocycles. The van der Waals surface area contributed by atoms with Crippen LogP contribution in [0.3, 0.4) is 0 Å². The van der Waals surface area contributed by atoms with E-state index >= 15 is 0 Å². The molecule has 3 aromatic heterocycles. The lowest BCUT2D eigenvalue weighted by Gasteiger charge is -2.20. The van der Waals surface area contributed by atoms with E-state index < -0.39 is 0 Å². The maximum atomic E-state index is 13.1. The van der Waals surface area contributed by atoms with E-state index in [4.69, 9.17) is 9.47 Å². The third-order valence-corrected chi connectivity index (χ3v) is 5.72. The van der Waals surface area contributed by atoms with Crippen LogP contribution in [0.25, 0.3) is 0 Å².